The number of nitro benzene ring substituents is 1. The first-order valence-electron chi connectivity index (χ1n) is 5.99. The van der Waals surface area contributed by atoms with Gasteiger partial charge in [-0.05, 0) is 25.0 Å². The molecule has 0 bridgehead atoms. The number of carboxylic acid groups (broad SMARTS) is 1. The molecule has 7 heteroatoms. The molecule has 2 aromatic rings. The average molecular weight is 276 g/mol. The quantitative estimate of drug-likeness (QED) is 0.687. The van der Waals surface area contributed by atoms with E-state index in [4.69, 9.17) is 0 Å². The number of pyridine rings is 1. The van der Waals surface area contributed by atoms with Crippen LogP contribution in [0.25, 0.3) is 10.9 Å². The summed E-state index contributed by atoms with van der Waals surface area (Å²) in [6.45, 7) is 0. The summed E-state index contributed by atoms with van der Waals surface area (Å²) in [5, 5.41) is 20.2. The molecule has 1 aliphatic rings. The summed E-state index contributed by atoms with van der Waals surface area (Å²) in [5.41, 5.74) is -0.215. The van der Waals surface area contributed by atoms with Gasteiger partial charge in [0.15, 0.2) is 0 Å². The summed E-state index contributed by atoms with van der Waals surface area (Å²) in [5.74, 6) is -1.96. The zero-order chi connectivity index (χ0) is 14.4. The molecule has 6 nitrogen and oxygen atoms in total. The number of halogens is 1. The standard InChI is InChI=1S/C13H9FN2O4/c14-7-3-8-9(13(17)18)5-10(6-1-2-6)15-12(8)11(4-7)16(19)20/h3-6H,1-2H2,(H,17,18). The van der Waals surface area contributed by atoms with Crippen LogP contribution in [0.5, 0.6) is 0 Å². The molecular weight excluding hydrogens is 267 g/mol. The Hall–Kier alpha value is -2.57. The van der Waals surface area contributed by atoms with Crippen molar-refractivity contribution in [3.05, 3.63) is 45.4 Å². The molecule has 0 radical (unpaired) electrons. The molecule has 20 heavy (non-hydrogen) atoms. The highest BCUT2D eigenvalue weighted by molar-refractivity contribution is 6.05. The Kier molecular flexibility index (Phi) is 2.63. The molecule has 0 aliphatic heterocycles. The van der Waals surface area contributed by atoms with E-state index in [0.717, 1.165) is 25.0 Å². The second kappa shape index (κ2) is 4.22. The van der Waals surface area contributed by atoms with E-state index in [1.165, 1.54) is 6.07 Å². The van der Waals surface area contributed by atoms with Crippen LogP contribution < -0.4 is 0 Å². The van der Waals surface area contributed by atoms with Crippen LogP contribution in [0.2, 0.25) is 0 Å². The van der Waals surface area contributed by atoms with Crippen LogP contribution in [0.4, 0.5) is 10.1 Å². The van der Waals surface area contributed by atoms with Gasteiger partial charge in [-0.2, -0.15) is 0 Å². The van der Waals surface area contributed by atoms with Crippen molar-refractivity contribution in [1.82, 2.24) is 4.98 Å². The van der Waals surface area contributed by atoms with Crippen molar-refractivity contribution >= 4 is 22.6 Å². The number of aromatic nitrogens is 1. The summed E-state index contributed by atoms with van der Waals surface area (Å²) >= 11 is 0. The molecule has 1 heterocycles. The van der Waals surface area contributed by atoms with E-state index in [-0.39, 0.29) is 22.4 Å². The molecule has 3 rings (SSSR count). The Bertz CT molecular complexity index is 756. The van der Waals surface area contributed by atoms with Crippen LogP contribution >= 0.6 is 0 Å². The van der Waals surface area contributed by atoms with E-state index >= 15 is 0 Å². The number of carboxylic acids is 1. The maximum Gasteiger partial charge on any atom is 0.336 e. The van der Waals surface area contributed by atoms with Crippen LogP contribution in [-0.2, 0) is 0 Å². The van der Waals surface area contributed by atoms with Crippen LogP contribution in [0, 0.1) is 15.9 Å². The van der Waals surface area contributed by atoms with Gasteiger partial charge in [-0.15, -0.1) is 0 Å². The van der Waals surface area contributed by atoms with Gasteiger partial charge in [0.25, 0.3) is 5.69 Å². The normalized spacial score (nSPS) is 14.4. The van der Waals surface area contributed by atoms with Crippen molar-refractivity contribution < 1.29 is 19.2 Å². The number of fused-ring (bicyclic) bond motifs is 1. The first-order chi connectivity index (χ1) is 9.47. The molecule has 1 aromatic carbocycles. The second-order valence-electron chi connectivity index (χ2n) is 4.75. The largest absolute Gasteiger partial charge is 0.478 e. The van der Waals surface area contributed by atoms with Crippen molar-refractivity contribution in [3.63, 3.8) is 0 Å². The van der Waals surface area contributed by atoms with Gasteiger partial charge >= 0.3 is 5.97 Å². The van der Waals surface area contributed by atoms with Gasteiger partial charge in [0.1, 0.15) is 11.3 Å². The molecule has 1 saturated carbocycles. The van der Waals surface area contributed by atoms with Gasteiger partial charge in [0.2, 0.25) is 0 Å². The molecule has 1 N–H and O–H groups in total. The summed E-state index contributed by atoms with van der Waals surface area (Å²) in [6.07, 6.45) is 1.76. The highest BCUT2D eigenvalue weighted by atomic mass is 19.1. The lowest BCUT2D eigenvalue weighted by Crippen LogP contribution is -2.04. The lowest BCUT2D eigenvalue weighted by atomic mass is 10.0. The van der Waals surface area contributed by atoms with E-state index in [0.29, 0.717) is 5.69 Å². The Morgan fingerprint density at radius 2 is 2.10 bits per heavy atom. The third kappa shape index (κ3) is 1.97. The molecule has 0 amide bonds. The van der Waals surface area contributed by atoms with Gasteiger partial charge < -0.3 is 5.11 Å². The number of nitro groups is 1. The number of rotatable bonds is 3. The summed E-state index contributed by atoms with van der Waals surface area (Å²) in [4.78, 5) is 25.7. The molecule has 102 valence electrons. The Morgan fingerprint density at radius 1 is 1.40 bits per heavy atom. The number of aromatic carboxylic acids is 1. The van der Waals surface area contributed by atoms with Crippen LogP contribution in [0.3, 0.4) is 0 Å². The minimum atomic E-state index is -1.25. The van der Waals surface area contributed by atoms with Crippen molar-refractivity contribution in [2.75, 3.05) is 0 Å². The zero-order valence-electron chi connectivity index (χ0n) is 10.2. The van der Waals surface area contributed by atoms with Crippen LogP contribution in [-0.4, -0.2) is 21.0 Å². The van der Waals surface area contributed by atoms with Gasteiger partial charge in [0.05, 0.1) is 16.6 Å². The van der Waals surface area contributed by atoms with E-state index in [9.17, 15) is 24.4 Å². The first kappa shape index (κ1) is 12.5. The minimum Gasteiger partial charge on any atom is -0.478 e. The summed E-state index contributed by atoms with van der Waals surface area (Å²) in [7, 11) is 0. The fourth-order valence-corrected chi connectivity index (χ4v) is 2.20. The minimum absolute atomic E-state index is 0.0476. The number of benzene rings is 1. The highest BCUT2D eigenvalue weighted by Crippen LogP contribution is 2.41. The molecular formula is C13H9FN2O4. The molecule has 0 saturated heterocycles. The third-order valence-corrected chi connectivity index (χ3v) is 3.30. The van der Waals surface area contributed by atoms with E-state index in [1.54, 1.807) is 0 Å². The maximum atomic E-state index is 13.4. The number of hydrogen-bond acceptors (Lipinski definition) is 4. The van der Waals surface area contributed by atoms with Gasteiger partial charge in [-0.1, -0.05) is 0 Å². The fraction of sp³-hybridized carbons (Fsp3) is 0.231. The fourth-order valence-electron chi connectivity index (χ4n) is 2.20. The second-order valence-corrected chi connectivity index (χ2v) is 4.75. The molecule has 0 spiro atoms. The van der Waals surface area contributed by atoms with Gasteiger partial charge in [0, 0.05) is 17.0 Å². The molecule has 1 fully saturated rings. The molecule has 1 aromatic heterocycles. The number of carbonyl (C=O) groups is 1. The van der Waals surface area contributed by atoms with E-state index in [1.807, 2.05) is 0 Å². The van der Waals surface area contributed by atoms with Crippen molar-refractivity contribution in [3.8, 4) is 0 Å². The summed E-state index contributed by atoms with van der Waals surface area (Å²) in [6, 6.07) is 3.11. The number of non-ortho nitro benzene ring substituents is 1. The summed E-state index contributed by atoms with van der Waals surface area (Å²) < 4.78 is 13.4. The smallest absolute Gasteiger partial charge is 0.336 e. The Balaban J connectivity index is 2.40. The molecule has 1 aliphatic carbocycles. The maximum absolute atomic E-state index is 13.4. The predicted molar refractivity (Wildman–Crippen MR) is 67.3 cm³/mol. The average Bonchev–Trinajstić information content (AvgIpc) is 3.20. The van der Waals surface area contributed by atoms with E-state index in [2.05, 4.69) is 4.98 Å². The van der Waals surface area contributed by atoms with Crippen molar-refractivity contribution in [1.29, 1.82) is 0 Å². The zero-order valence-corrected chi connectivity index (χ0v) is 10.2. The van der Waals surface area contributed by atoms with Gasteiger partial charge in [-0.3, -0.25) is 10.1 Å². The first-order valence-corrected chi connectivity index (χ1v) is 5.99. The van der Waals surface area contributed by atoms with Crippen LogP contribution in [0.15, 0.2) is 18.2 Å². The number of nitrogens with zero attached hydrogens (tertiary/aromatic N) is 2. The van der Waals surface area contributed by atoms with Crippen molar-refractivity contribution in [2.24, 2.45) is 0 Å². The highest BCUT2D eigenvalue weighted by Gasteiger charge is 2.29. The predicted octanol–water partition coefficient (Wildman–Crippen LogP) is 2.86. The molecule has 0 unspecified atom stereocenters. The topological polar surface area (TPSA) is 93.3 Å². The lowest BCUT2D eigenvalue weighted by Gasteiger charge is -2.06. The Morgan fingerprint density at radius 3 is 2.65 bits per heavy atom. The van der Waals surface area contributed by atoms with Crippen molar-refractivity contribution in [2.45, 2.75) is 18.8 Å². The lowest BCUT2D eigenvalue weighted by molar-refractivity contribution is -0.383. The third-order valence-electron chi connectivity index (χ3n) is 3.30. The molecule has 0 atom stereocenters. The monoisotopic (exact) mass is 276 g/mol. The van der Waals surface area contributed by atoms with Crippen LogP contribution in [0.1, 0.15) is 34.8 Å². The SMILES string of the molecule is O=C(O)c1cc(C2CC2)nc2c([N+](=O)[O-])cc(F)cc12. The Labute approximate surface area is 112 Å². The van der Waals surface area contributed by atoms with E-state index < -0.39 is 22.4 Å². The van der Waals surface area contributed by atoms with Gasteiger partial charge in [-0.25, -0.2) is 14.2 Å². The number of hydrogen-bond donors (Lipinski definition) is 1.